The molecular weight excluding hydrogens is 202 g/mol. The Balaban J connectivity index is 2.93. The van der Waals surface area contributed by atoms with Crippen LogP contribution in [0.5, 0.6) is 0 Å². The summed E-state index contributed by atoms with van der Waals surface area (Å²) in [7, 11) is 0. The van der Waals surface area contributed by atoms with Crippen LogP contribution in [0.4, 0.5) is 0 Å². The van der Waals surface area contributed by atoms with Gasteiger partial charge < -0.3 is 4.74 Å². The summed E-state index contributed by atoms with van der Waals surface area (Å²) in [6.07, 6.45) is 0.954. The van der Waals surface area contributed by atoms with Crippen LogP contribution in [-0.4, -0.2) is 17.6 Å². The Morgan fingerprint density at radius 2 is 2.12 bits per heavy atom. The highest BCUT2D eigenvalue weighted by Gasteiger charge is 2.10. The summed E-state index contributed by atoms with van der Waals surface area (Å²) in [5, 5.41) is 0. The van der Waals surface area contributed by atoms with Gasteiger partial charge in [-0.3, -0.25) is 0 Å². The number of hydrogen-bond donors (Lipinski definition) is 0. The van der Waals surface area contributed by atoms with Gasteiger partial charge in [-0.25, -0.2) is 9.78 Å². The first kappa shape index (κ1) is 12.7. The quantitative estimate of drug-likeness (QED) is 0.734. The van der Waals surface area contributed by atoms with Crippen LogP contribution in [0.25, 0.3) is 0 Å². The average Bonchev–Trinajstić information content (AvgIpc) is 2.15. The van der Waals surface area contributed by atoms with Crippen LogP contribution >= 0.6 is 0 Å². The summed E-state index contributed by atoms with van der Waals surface area (Å²) in [4.78, 5) is 15.7. The van der Waals surface area contributed by atoms with E-state index in [0.29, 0.717) is 18.2 Å². The van der Waals surface area contributed by atoms with Crippen LogP contribution in [0.2, 0.25) is 0 Å². The zero-order valence-electron chi connectivity index (χ0n) is 10.4. The Morgan fingerprint density at radius 1 is 1.44 bits per heavy atom. The lowest BCUT2D eigenvalue weighted by molar-refractivity contribution is 0.0519. The number of aromatic nitrogens is 1. The third kappa shape index (κ3) is 3.65. The van der Waals surface area contributed by atoms with E-state index in [1.807, 2.05) is 19.1 Å². The molecule has 1 rings (SSSR count). The van der Waals surface area contributed by atoms with Gasteiger partial charge in [0.15, 0.2) is 0 Å². The molecule has 0 atom stereocenters. The molecule has 16 heavy (non-hydrogen) atoms. The molecule has 88 valence electrons. The Kier molecular flexibility index (Phi) is 4.47. The molecule has 0 amide bonds. The molecule has 0 saturated carbocycles. The largest absolute Gasteiger partial charge is 0.461 e. The van der Waals surface area contributed by atoms with Gasteiger partial charge in [-0.2, -0.15) is 0 Å². The Labute approximate surface area is 96.8 Å². The summed E-state index contributed by atoms with van der Waals surface area (Å²) >= 11 is 0. The van der Waals surface area contributed by atoms with E-state index in [-0.39, 0.29) is 5.97 Å². The topological polar surface area (TPSA) is 39.2 Å². The van der Waals surface area contributed by atoms with Gasteiger partial charge in [0.25, 0.3) is 0 Å². The molecular formula is C13H19NO2. The first-order valence-corrected chi connectivity index (χ1v) is 5.67. The van der Waals surface area contributed by atoms with Gasteiger partial charge in [0.2, 0.25) is 0 Å². The molecule has 0 saturated heterocycles. The number of nitrogens with zero attached hydrogens (tertiary/aromatic N) is 1. The number of pyridine rings is 1. The molecule has 0 fully saturated rings. The Hall–Kier alpha value is -1.38. The highest BCUT2D eigenvalue weighted by atomic mass is 16.5. The predicted octanol–water partition coefficient (Wildman–Crippen LogP) is 2.77. The summed E-state index contributed by atoms with van der Waals surface area (Å²) in [5.41, 5.74) is 2.42. The molecule has 1 heterocycles. The van der Waals surface area contributed by atoms with Gasteiger partial charge >= 0.3 is 5.97 Å². The summed E-state index contributed by atoms with van der Waals surface area (Å²) in [6.45, 7) is 8.38. The van der Waals surface area contributed by atoms with E-state index in [4.69, 9.17) is 4.74 Å². The third-order valence-corrected chi connectivity index (χ3v) is 2.14. The maximum Gasteiger partial charge on any atom is 0.356 e. The number of hydrogen-bond acceptors (Lipinski definition) is 3. The minimum Gasteiger partial charge on any atom is -0.461 e. The maximum atomic E-state index is 11.6. The second-order valence-electron chi connectivity index (χ2n) is 4.32. The van der Waals surface area contributed by atoms with Crippen LogP contribution in [0.1, 0.15) is 42.5 Å². The zero-order chi connectivity index (χ0) is 12.1. The maximum absolute atomic E-state index is 11.6. The number of aryl methyl sites for hydroxylation is 1. The van der Waals surface area contributed by atoms with Crippen molar-refractivity contribution in [2.24, 2.45) is 5.92 Å². The van der Waals surface area contributed by atoms with Gasteiger partial charge in [0.1, 0.15) is 5.69 Å². The summed E-state index contributed by atoms with van der Waals surface area (Å²) < 4.78 is 4.94. The molecule has 3 nitrogen and oxygen atoms in total. The van der Waals surface area contributed by atoms with Crippen LogP contribution < -0.4 is 0 Å². The molecule has 1 aromatic rings. The normalized spacial score (nSPS) is 10.6. The SMILES string of the molecule is CCOC(=O)c1cc(CC(C)C)cc(C)n1. The molecule has 0 bridgehead atoms. The van der Waals surface area contributed by atoms with Crippen LogP contribution in [-0.2, 0) is 11.2 Å². The molecule has 0 spiro atoms. The predicted molar refractivity (Wildman–Crippen MR) is 63.5 cm³/mol. The van der Waals surface area contributed by atoms with Gasteiger partial charge in [0, 0.05) is 5.69 Å². The van der Waals surface area contributed by atoms with Crippen LogP contribution in [0.3, 0.4) is 0 Å². The minimum absolute atomic E-state index is 0.337. The molecule has 0 radical (unpaired) electrons. The highest BCUT2D eigenvalue weighted by Crippen LogP contribution is 2.11. The van der Waals surface area contributed by atoms with Crippen molar-refractivity contribution in [3.63, 3.8) is 0 Å². The Morgan fingerprint density at radius 3 is 2.69 bits per heavy atom. The average molecular weight is 221 g/mol. The van der Waals surface area contributed by atoms with E-state index < -0.39 is 0 Å². The van der Waals surface area contributed by atoms with Crippen molar-refractivity contribution < 1.29 is 9.53 Å². The fourth-order valence-corrected chi connectivity index (χ4v) is 1.64. The molecule has 0 unspecified atom stereocenters. The van der Waals surface area contributed by atoms with Gasteiger partial charge in [-0.1, -0.05) is 13.8 Å². The smallest absolute Gasteiger partial charge is 0.356 e. The van der Waals surface area contributed by atoms with Crippen molar-refractivity contribution in [2.75, 3.05) is 6.61 Å². The minimum atomic E-state index is -0.337. The molecule has 0 aliphatic carbocycles. The lowest BCUT2D eigenvalue weighted by Crippen LogP contribution is -2.09. The first-order chi connectivity index (χ1) is 7.52. The standard InChI is InChI=1S/C13H19NO2/c1-5-16-13(15)12-8-11(6-9(2)3)7-10(4)14-12/h7-9H,5-6H2,1-4H3. The number of carbonyl (C=O) groups excluding carboxylic acids is 1. The van der Waals surface area contributed by atoms with Crippen molar-refractivity contribution in [3.8, 4) is 0 Å². The Bertz CT molecular complexity index is 372. The van der Waals surface area contributed by atoms with E-state index in [1.165, 1.54) is 0 Å². The van der Waals surface area contributed by atoms with Crippen molar-refractivity contribution in [3.05, 3.63) is 29.1 Å². The number of rotatable bonds is 4. The van der Waals surface area contributed by atoms with Crippen LogP contribution in [0, 0.1) is 12.8 Å². The number of ether oxygens (including phenoxy) is 1. The lowest BCUT2D eigenvalue weighted by Gasteiger charge is -2.08. The molecule has 0 N–H and O–H groups in total. The van der Waals surface area contributed by atoms with Crippen molar-refractivity contribution in [1.82, 2.24) is 4.98 Å². The van der Waals surface area contributed by atoms with E-state index in [0.717, 1.165) is 17.7 Å². The molecule has 0 aliphatic heterocycles. The highest BCUT2D eigenvalue weighted by molar-refractivity contribution is 5.87. The molecule has 0 aliphatic rings. The first-order valence-electron chi connectivity index (χ1n) is 5.67. The molecule has 0 aromatic carbocycles. The zero-order valence-corrected chi connectivity index (χ0v) is 10.4. The lowest BCUT2D eigenvalue weighted by atomic mass is 10.0. The van der Waals surface area contributed by atoms with Gasteiger partial charge in [0.05, 0.1) is 6.61 Å². The second-order valence-corrected chi connectivity index (χ2v) is 4.32. The van der Waals surface area contributed by atoms with E-state index >= 15 is 0 Å². The van der Waals surface area contributed by atoms with Crippen molar-refractivity contribution in [1.29, 1.82) is 0 Å². The molecule has 1 aromatic heterocycles. The van der Waals surface area contributed by atoms with Gasteiger partial charge in [-0.05, 0) is 43.9 Å². The molecule has 3 heteroatoms. The summed E-state index contributed by atoms with van der Waals surface area (Å²) in [6, 6.07) is 3.84. The van der Waals surface area contributed by atoms with Crippen molar-refractivity contribution in [2.45, 2.75) is 34.1 Å². The van der Waals surface area contributed by atoms with E-state index in [2.05, 4.69) is 18.8 Å². The fourth-order valence-electron chi connectivity index (χ4n) is 1.64. The van der Waals surface area contributed by atoms with Gasteiger partial charge in [-0.15, -0.1) is 0 Å². The number of esters is 1. The van der Waals surface area contributed by atoms with Crippen LogP contribution in [0.15, 0.2) is 12.1 Å². The summed E-state index contributed by atoms with van der Waals surface area (Å²) in [5.74, 6) is 0.230. The van der Waals surface area contributed by atoms with E-state index in [9.17, 15) is 4.79 Å². The number of carbonyl (C=O) groups is 1. The fraction of sp³-hybridized carbons (Fsp3) is 0.538. The van der Waals surface area contributed by atoms with Crippen molar-refractivity contribution >= 4 is 5.97 Å². The monoisotopic (exact) mass is 221 g/mol. The van der Waals surface area contributed by atoms with E-state index in [1.54, 1.807) is 6.92 Å². The second kappa shape index (κ2) is 5.64. The third-order valence-electron chi connectivity index (χ3n) is 2.14.